The average molecular weight is 376 g/mol. The Morgan fingerprint density at radius 2 is 1.69 bits per heavy atom. The zero-order valence-electron chi connectivity index (χ0n) is 14.6. The van der Waals surface area contributed by atoms with E-state index in [1.54, 1.807) is 6.07 Å². The molecule has 3 nitrogen and oxygen atoms in total. The number of hydrogen-bond acceptors (Lipinski definition) is 3. The summed E-state index contributed by atoms with van der Waals surface area (Å²) in [6.07, 6.45) is 1.80. The molecule has 0 amide bonds. The lowest BCUT2D eigenvalue weighted by molar-refractivity contribution is -0.275. The molecular formula is C19H24F4O3. The molecule has 26 heavy (non-hydrogen) atoms. The van der Waals surface area contributed by atoms with E-state index in [0.717, 1.165) is 69.8 Å². The summed E-state index contributed by atoms with van der Waals surface area (Å²) in [6, 6.07) is 3.79. The van der Waals surface area contributed by atoms with Crippen molar-refractivity contribution in [2.75, 3.05) is 13.2 Å². The van der Waals surface area contributed by atoms with Gasteiger partial charge in [0.2, 0.25) is 0 Å². The molecule has 1 saturated heterocycles. The van der Waals surface area contributed by atoms with Crippen molar-refractivity contribution in [3.05, 3.63) is 29.6 Å². The van der Waals surface area contributed by atoms with E-state index < -0.39 is 17.9 Å². The summed E-state index contributed by atoms with van der Waals surface area (Å²) < 4.78 is 65.4. The van der Waals surface area contributed by atoms with Crippen LogP contribution < -0.4 is 4.74 Å². The summed E-state index contributed by atoms with van der Waals surface area (Å²) in [4.78, 5) is 0. The topological polar surface area (TPSA) is 27.7 Å². The largest absolute Gasteiger partial charge is 0.573 e. The Balaban J connectivity index is 1.47. The predicted molar refractivity (Wildman–Crippen MR) is 87.3 cm³/mol. The normalized spacial score (nSPS) is 25.2. The Kier molecular flexibility index (Phi) is 6.40. The highest BCUT2D eigenvalue weighted by Gasteiger charge is 2.32. The maximum Gasteiger partial charge on any atom is 0.573 e. The van der Waals surface area contributed by atoms with Crippen LogP contribution in [0.2, 0.25) is 0 Å². The van der Waals surface area contributed by atoms with E-state index in [-0.39, 0.29) is 12.2 Å². The fourth-order valence-corrected chi connectivity index (χ4v) is 3.84. The molecule has 1 aliphatic heterocycles. The first kappa shape index (κ1) is 19.4. The monoisotopic (exact) mass is 376 g/mol. The van der Waals surface area contributed by atoms with E-state index in [9.17, 15) is 17.6 Å². The summed E-state index contributed by atoms with van der Waals surface area (Å²) >= 11 is 0. The van der Waals surface area contributed by atoms with Gasteiger partial charge < -0.3 is 14.2 Å². The number of ether oxygens (including phenoxy) is 3. The first-order valence-corrected chi connectivity index (χ1v) is 9.19. The molecule has 2 aliphatic rings. The Hall–Kier alpha value is -1.34. The third-order valence-electron chi connectivity index (χ3n) is 5.21. The third kappa shape index (κ3) is 5.58. The number of alkyl halides is 3. The van der Waals surface area contributed by atoms with Crippen molar-refractivity contribution in [3.63, 3.8) is 0 Å². The second kappa shape index (κ2) is 8.57. The number of halogens is 4. The van der Waals surface area contributed by atoms with Crippen LogP contribution in [-0.4, -0.2) is 25.9 Å². The van der Waals surface area contributed by atoms with Crippen molar-refractivity contribution in [1.29, 1.82) is 0 Å². The summed E-state index contributed by atoms with van der Waals surface area (Å²) in [6.45, 7) is 1.52. The highest BCUT2D eigenvalue weighted by atomic mass is 19.4. The standard InChI is InChI=1S/C19H24F4O3/c20-16-12-15(7-8-17(16)26-19(21,22)23)14-5-2-13(3-6-14)4-9-18-24-10-1-11-25-18/h7-8,12-14,18H,1-6,9-11H2. The van der Waals surface area contributed by atoms with Crippen molar-refractivity contribution in [2.45, 2.75) is 63.5 Å². The number of benzene rings is 1. The first-order chi connectivity index (χ1) is 12.4. The molecule has 0 aromatic heterocycles. The number of hydrogen-bond donors (Lipinski definition) is 0. The summed E-state index contributed by atoms with van der Waals surface area (Å²) in [5, 5.41) is 0. The molecule has 1 saturated carbocycles. The van der Waals surface area contributed by atoms with Gasteiger partial charge in [-0.25, -0.2) is 4.39 Å². The van der Waals surface area contributed by atoms with Crippen LogP contribution in [0.25, 0.3) is 0 Å². The highest BCUT2D eigenvalue weighted by molar-refractivity contribution is 5.31. The minimum atomic E-state index is -4.88. The van der Waals surface area contributed by atoms with Gasteiger partial charge in [-0.1, -0.05) is 6.07 Å². The van der Waals surface area contributed by atoms with Crippen molar-refractivity contribution in [3.8, 4) is 5.75 Å². The van der Waals surface area contributed by atoms with Crippen molar-refractivity contribution in [2.24, 2.45) is 5.92 Å². The zero-order chi connectivity index (χ0) is 18.6. The van der Waals surface area contributed by atoms with Gasteiger partial charge in [0.15, 0.2) is 17.9 Å². The molecule has 0 atom stereocenters. The molecule has 1 aliphatic carbocycles. The smallest absolute Gasteiger partial charge is 0.403 e. The van der Waals surface area contributed by atoms with E-state index in [0.29, 0.717) is 5.92 Å². The molecule has 3 rings (SSSR count). The SMILES string of the molecule is Fc1cc(C2CCC(CCC3OCCCO3)CC2)ccc1OC(F)(F)F. The summed E-state index contributed by atoms with van der Waals surface area (Å²) in [5.74, 6) is -0.961. The van der Waals surface area contributed by atoms with Gasteiger partial charge >= 0.3 is 6.36 Å². The van der Waals surface area contributed by atoms with Crippen LogP contribution in [-0.2, 0) is 9.47 Å². The quantitative estimate of drug-likeness (QED) is 0.632. The molecule has 0 N–H and O–H groups in total. The highest BCUT2D eigenvalue weighted by Crippen LogP contribution is 2.39. The Morgan fingerprint density at radius 3 is 2.31 bits per heavy atom. The van der Waals surface area contributed by atoms with Crippen LogP contribution in [0.3, 0.4) is 0 Å². The van der Waals surface area contributed by atoms with Crippen LogP contribution >= 0.6 is 0 Å². The minimum Gasteiger partial charge on any atom is -0.403 e. The molecule has 7 heteroatoms. The van der Waals surface area contributed by atoms with Gasteiger partial charge in [0.1, 0.15) is 0 Å². The third-order valence-corrected chi connectivity index (χ3v) is 5.21. The van der Waals surface area contributed by atoms with Gasteiger partial charge in [0, 0.05) is 0 Å². The molecular weight excluding hydrogens is 352 g/mol. The van der Waals surface area contributed by atoms with E-state index in [2.05, 4.69) is 4.74 Å². The van der Waals surface area contributed by atoms with Crippen LogP contribution in [0.4, 0.5) is 17.6 Å². The van der Waals surface area contributed by atoms with Gasteiger partial charge in [-0.3, -0.25) is 0 Å². The van der Waals surface area contributed by atoms with Crippen molar-refractivity contribution < 1.29 is 31.8 Å². The minimum absolute atomic E-state index is 0.0863. The fourth-order valence-electron chi connectivity index (χ4n) is 3.84. The maximum absolute atomic E-state index is 13.9. The molecule has 1 heterocycles. The molecule has 0 unspecified atom stereocenters. The Bertz CT molecular complexity index is 577. The van der Waals surface area contributed by atoms with Gasteiger partial charge in [-0.05, 0) is 74.5 Å². The second-order valence-electron chi connectivity index (χ2n) is 7.06. The lowest BCUT2D eigenvalue weighted by Gasteiger charge is -2.30. The molecule has 0 radical (unpaired) electrons. The number of rotatable bonds is 5. The van der Waals surface area contributed by atoms with Gasteiger partial charge in [0.25, 0.3) is 0 Å². The predicted octanol–water partition coefficient (Wildman–Crippen LogP) is 5.54. The van der Waals surface area contributed by atoms with Crippen molar-refractivity contribution in [1.82, 2.24) is 0 Å². The Labute approximate surface area is 150 Å². The van der Waals surface area contributed by atoms with Crippen LogP contribution in [0, 0.1) is 11.7 Å². The molecule has 1 aromatic rings. The van der Waals surface area contributed by atoms with Crippen LogP contribution in [0.1, 0.15) is 56.4 Å². The van der Waals surface area contributed by atoms with E-state index in [4.69, 9.17) is 9.47 Å². The lowest BCUT2D eigenvalue weighted by Crippen LogP contribution is -2.26. The van der Waals surface area contributed by atoms with Crippen LogP contribution in [0.15, 0.2) is 18.2 Å². The summed E-state index contributed by atoms with van der Waals surface area (Å²) in [7, 11) is 0. The average Bonchev–Trinajstić information content (AvgIpc) is 2.62. The molecule has 0 bridgehead atoms. The maximum atomic E-state index is 13.9. The second-order valence-corrected chi connectivity index (χ2v) is 7.06. The molecule has 2 fully saturated rings. The Morgan fingerprint density at radius 1 is 1.00 bits per heavy atom. The van der Waals surface area contributed by atoms with E-state index in [1.165, 1.54) is 6.07 Å². The van der Waals surface area contributed by atoms with Gasteiger partial charge in [-0.15, -0.1) is 13.2 Å². The zero-order valence-corrected chi connectivity index (χ0v) is 14.6. The molecule has 0 spiro atoms. The molecule has 1 aromatic carbocycles. The van der Waals surface area contributed by atoms with E-state index >= 15 is 0 Å². The fraction of sp³-hybridized carbons (Fsp3) is 0.684. The van der Waals surface area contributed by atoms with Crippen LogP contribution in [0.5, 0.6) is 5.75 Å². The lowest BCUT2D eigenvalue weighted by atomic mass is 9.77. The van der Waals surface area contributed by atoms with Gasteiger partial charge in [-0.2, -0.15) is 0 Å². The van der Waals surface area contributed by atoms with E-state index in [1.807, 2.05) is 0 Å². The van der Waals surface area contributed by atoms with Gasteiger partial charge in [0.05, 0.1) is 13.2 Å². The summed E-state index contributed by atoms with van der Waals surface area (Å²) in [5.41, 5.74) is 0.745. The molecule has 146 valence electrons. The first-order valence-electron chi connectivity index (χ1n) is 9.19. The van der Waals surface area contributed by atoms with Crippen molar-refractivity contribution >= 4 is 0 Å².